The molecule has 1 aromatic rings. The first kappa shape index (κ1) is 14.5. The van der Waals surface area contributed by atoms with Gasteiger partial charge in [0.15, 0.2) is 0 Å². The molecule has 1 aliphatic rings. The van der Waals surface area contributed by atoms with Gasteiger partial charge in [-0.15, -0.1) is 0 Å². The lowest BCUT2D eigenvalue weighted by Crippen LogP contribution is -2.27. The highest BCUT2D eigenvalue weighted by Gasteiger charge is 2.18. The van der Waals surface area contributed by atoms with E-state index in [2.05, 4.69) is 9.71 Å². The van der Waals surface area contributed by atoms with Gasteiger partial charge < -0.3 is 9.72 Å². The fourth-order valence-corrected chi connectivity index (χ4v) is 3.16. The monoisotopic (exact) mass is 306 g/mol. The van der Waals surface area contributed by atoms with Gasteiger partial charge >= 0.3 is 0 Å². The molecule has 2 heterocycles. The first-order valence-corrected chi connectivity index (χ1v) is 7.81. The Hall–Kier alpha value is -0.890. The van der Waals surface area contributed by atoms with Crippen molar-refractivity contribution in [3.05, 3.63) is 27.6 Å². The predicted octanol–water partition coefficient (Wildman–Crippen LogP) is 0.733. The van der Waals surface area contributed by atoms with Crippen molar-refractivity contribution in [3.8, 4) is 0 Å². The third-order valence-corrected chi connectivity index (χ3v) is 4.73. The van der Waals surface area contributed by atoms with Crippen molar-refractivity contribution in [3.63, 3.8) is 0 Å². The average molecular weight is 307 g/mol. The van der Waals surface area contributed by atoms with Crippen LogP contribution in [-0.4, -0.2) is 33.2 Å². The minimum Gasteiger partial charge on any atom is -0.381 e. The summed E-state index contributed by atoms with van der Waals surface area (Å²) in [5, 5.41) is -0.146. The molecule has 1 atom stereocenters. The molecule has 106 valence electrons. The van der Waals surface area contributed by atoms with Gasteiger partial charge in [-0.1, -0.05) is 11.6 Å². The van der Waals surface area contributed by atoms with Crippen molar-refractivity contribution < 1.29 is 13.2 Å². The number of nitrogens with one attached hydrogen (secondary N) is 2. The maximum absolute atomic E-state index is 11.9. The van der Waals surface area contributed by atoms with Crippen LogP contribution >= 0.6 is 11.6 Å². The van der Waals surface area contributed by atoms with E-state index in [9.17, 15) is 13.2 Å². The number of hydrogen-bond acceptors (Lipinski definition) is 4. The van der Waals surface area contributed by atoms with Gasteiger partial charge in [0.25, 0.3) is 5.56 Å². The molecule has 2 rings (SSSR count). The smallest absolute Gasteiger partial charge is 0.266 e. The molecule has 0 aliphatic carbocycles. The zero-order valence-corrected chi connectivity index (χ0v) is 11.8. The summed E-state index contributed by atoms with van der Waals surface area (Å²) in [4.78, 5) is 13.3. The molecule has 2 N–H and O–H groups in total. The number of halogens is 1. The zero-order chi connectivity index (χ0) is 13.9. The van der Waals surface area contributed by atoms with Gasteiger partial charge in [0.2, 0.25) is 10.0 Å². The lowest BCUT2D eigenvalue weighted by Gasteiger charge is -2.09. The van der Waals surface area contributed by atoms with Crippen molar-refractivity contribution in [1.29, 1.82) is 0 Å². The molecule has 19 heavy (non-hydrogen) atoms. The lowest BCUT2D eigenvalue weighted by atomic mass is 10.1. The predicted molar refractivity (Wildman–Crippen MR) is 70.8 cm³/mol. The molecule has 0 spiro atoms. The Morgan fingerprint density at radius 2 is 2.32 bits per heavy atom. The van der Waals surface area contributed by atoms with Crippen molar-refractivity contribution in [2.45, 2.75) is 17.7 Å². The van der Waals surface area contributed by atoms with Gasteiger partial charge in [-0.3, -0.25) is 4.79 Å². The van der Waals surface area contributed by atoms with Gasteiger partial charge in [-0.05, 0) is 24.8 Å². The Balaban J connectivity index is 1.97. The van der Waals surface area contributed by atoms with Crippen LogP contribution in [0.5, 0.6) is 0 Å². The van der Waals surface area contributed by atoms with Gasteiger partial charge in [0.1, 0.15) is 5.02 Å². The van der Waals surface area contributed by atoms with Gasteiger partial charge in [0, 0.05) is 26.0 Å². The number of aromatic amines is 1. The van der Waals surface area contributed by atoms with Crippen LogP contribution in [0.15, 0.2) is 22.0 Å². The summed E-state index contributed by atoms with van der Waals surface area (Å²) in [5.41, 5.74) is -0.510. The molecule has 6 nitrogen and oxygen atoms in total. The third kappa shape index (κ3) is 3.79. The second-order valence-electron chi connectivity index (χ2n) is 4.43. The quantitative estimate of drug-likeness (QED) is 0.839. The van der Waals surface area contributed by atoms with Crippen molar-refractivity contribution in [2.24, 2.45) is 5.92 Å². The Bertz CT molecular complexity index is 593. The Morgan fingerprint density at radius 3 is 2.95 bits per heavy atom. The summed E-state index contributed by atoms with van der Waals surface area (Å²) >= 11 is 5.61. The Morgan fingerprint density at radius 1 is 1.53 bits per heavy atom. The average Bonchev–Trinajstić information content (AvgIpc) is 2.85. The van der Waals surface area contributed by atoms with Crippen molar-refractivity contribution in [2.75, 3.05) is 19.8 Å². The minimum atomic E-state index is -3.64. The molecular weight excluding hydrogens is 292 g/mol. The number of hydrogen-bond donors (Lipinski definition) is 2. The van der Waals surface area contributed by atoms with Crippen LogP contribution in [0, 0.1) is 5.92 Å². The maximum Gasteiger partial charge on any atom is 0.266 e. The van der Waals surface area contributed by atoms with Crippen molar-refractivity contribution >= 4 is 21.6 Å². The first-order chi connectivity index (χ1) is 8.99. The molecule has 1 saturated heterocycles. The summed E-state index contributed by atoms with van der Waals surface area (Å²) in [7, 11) is -3.64. The third-order valence-electron chi connectivity index (χ3n) is 3.01. The van der Waals surface area contributed by atoms with E-state index >= 15 is 0 Å². The molecule has 0 saturated carbocycles. The summed E-state index contributed by atoms with van der Waals surface area (Å²) < 4.78 is 31.6. The Labute approximate surface area is 116 Å². The molecule has 0 bridgehead atoms. The molecule has 1 fully saturated rings. The maximum atomic E-state index is 11.9. The summed E-state index contributed by atoms with van der Waals surface area (Å²) in [5.74, 6) is 0.405. The van der Waals surface area contributed by atoms with Crippen LogP contribution in [0.2, 0.25) is 5.02 Å². The van der Waals surface area contributed by atoms with Crippen LogP contribution in [0.1, 0.15) is 12.8 Å². The molecule has 1 aromatic heterocycles. The fraction of sp³-hybridized carbons (Fsp3) is 0.545. The summed E-state index contributed by atoms with van der Waals surface area (Å²) in [6.45, 7) is 1.77. The number of H-pyrrole nitrogens is 1. The molecule has 0 amide bonds. The highest BCUT2D eigenvalue weighted by Crippen LogP contribution is 2.16. The molecule has 0 aromatic carbocycles. The van der Waals surface area contributed by atoms with Crippen LogP contribution in [0.4, 0.5) is 0 Å². The zero-order valence-electron chi connectivity index (χ0n) is 10.2. The standard InChI is InChI=1S/C11H15ClN2O4S/c12-10-5-9(6-13-11(10)15)19(16,17)14-3-1-8-2-4-18-7-8/h5-6,8,14H,1-4,7H2,(H,13,15). The number of ether oxygens (including phenoxy) is 1. The molecule has 8 heteroatoms. The largest absolute Gasteiger partial charge is 0.381 e. The van der Waals surface area contributed by atoms with Gasteiger partial charge in [-0.2, -0.15) is 0 Å². The number of pyridine rings is 1. The van der Waals surface area contributed by atoms with Crippen LogP contribution in [0.25, 0.3) is 0 Å². The van der Waals surface area contributed by atoms with Crippen molar-refractivity contribution in [1.82, 2.24) is 9.71 Å². The minimum absolute atomic E-state index is 0.0419. The van der Waals surface area contributed by atoms with E-state index in [1.165, 1.54) is 0 Å². The Kier molecular flexibility index (Phi) is 4.62. The number of sulfonamides is 1. The van der Waals surface area contributed by atoms with Crippen LogP contribution in [-0.2, 0) is 14.8 Å². The van der Waals surface area contributed by atoms with E-state index in [4.69, 9.17) is 16.3 Å². The van der Waals surface area contributed by atoms with E-state index in [1.54, 1.807) is 0 Å². The van der Waals surface area contributed by atoms with E-state index in [0.29, 0.717) is 19.1 Å². The van der Waals surface area contributed by atoms with Gasteiger partial charge in [0.05, 0.1) is 4.90 Å². The number of rotatable bonds is 5. The molecule has 1 unspecified atom stereocenters. The molecule has 1 aliphatic heterocycles. The van der Waals surface area contributed by atoms with E-state index in [0.717, 1.165) is 31.7 Å². The highest BCUT2D eigenvalue weighted by atomic mass is 35.5. The van der Waals surface area contributed by atoms with Gasteiger partial charge in [-0.25, -0.2) is 13.1 Å². The first-order valence-electron chi connectivity index (χ1n) is 5.95. The van der Waals surface area contributed by atoms with Crippen LogP contribution < -0.4 is 10.3 Å². The second-order valence-corrected chi connectivity index (χ2v) is 6.60. The van der Waals surface area contributed by atoms with E-state index < -0.39 is 15.6 Å². The second kappa shape index (κ2) is 6.04. The summed E-state index contributed by atoms with van der Waals surface area (Å²) in [6, 6.07) is 1.14. The SMILES string of the molecule is O=c1[nH]cc(S(=O)(=O)NCCC2CCOC2)cc1Cl. The topological polar surface area (TPSA) is 88.3 Å². The van der Waals surface area contributed by atoms with E-state index in [-0.39, 0.29) is 9.92 Å². The molecule has 0 radical (unpaired) electrons. The molecular formula is C11H15ClN2O4S. The highest BCUT2D eigenvalue weighted by molar-refractivity contribution is 7.89. The fourth-order valence-electron chi connectivity index (χ4n) is 1.88. The normalized spacial score (nSPS) is 19.7. The lowest BCUT2D eigenvalue weighted by molar-refractivity contribution is 0.184. The number of aromatic nitrogens is 1. The van der Waals surface area contributed by atoms with E-state index in [1.807, 2.05) is 0 Å². The summed E-state index contributed by atoms with van der Waals surface area (Å²) in [6.07, 6.45) is 2.83. The van der Waals surface area contributed by atoms with Crippen LogP contribution in [0.3, 0.4) is 0 Å².